The van der Waals surface area contributed by atoms with E-state index in [0.717, 1.165) is 5.56 Å². The first-order valence-electron chi connectivity index (χ1n) is 7.10. The summed E-state index contributed by atoms with van der Waals surface area (Å²) in [6, 6.07) is 14.0. The molecule has 122 valence electrons. The number of benzene rings is 2. The third kappa shape index (κ3) is 5.61. The zero-order valence-electron chi connectivity index (χ0n) is 12.9. The predicted molar refractivity (Wildman–Crippen MR) is 101 cm³/mol. The number of carbonyl (C=O) groups excluding carboxylic acids is 2. The quantitative estimate of drug-likeness (QED) is 0.491. The van der Waals surface area contributed by atoms with Crippen LogP contribution < -0.4 is 10.6 Å². The molecule has 2 rings (SSSR count). The lowest BCUT2D eigenvalue weighted by Gasteiger charge is -2.08. The van der Waals surface area contributed by atoms with Gasteiger partial charge >= 0.3 is 0 Å². The fourth-order valence-electron chi connectivity index (χ4n) is 1.88. The van der Waals surface area contributed by atoms with Gasteiger partial charge in [0.25, 0.3) is 0 Å². The van der Waals surface area contributed by atoms with Crippen molar-refractivity contribution in [2.24, 2.45) is 0 Å². The standard InChI is InChI=1S/C18H15ClN2O2S/c1-12(22)14-3-2-4-16(11-14)20-18(24)21-17(23)10-7-13-5-8-15(19)9-6-13/h2-11H,1H3,(H2,20,21,23,24)/b10-7+. The van der Waals surface area contributed by atoms with E-state index < -0.39 is 0 Å². The number of hydrogen-bond acceptors (Lipinski definition) is 3. The Bertz CT molecular complexity index is 801. The van der Waals surface area contributed by atoms with Crippen LogP contribution in [0.15, 0.2) is 54.6 Å². The second kappa shape index (κ2) is 8.38. The molecule has 0 spiro atoms. The van der Waals surface area contributed by atoms with E-state index in [1.165, 1.54) is 13.0 Å². The van der Waals surface area contributed by atoms with E-state index >= 15 is 0 Å². The van der Waals surface area contributed by atoms with E-state index in [4.69, 9.17) is 23.8 Å². The molecule has 24 heavy (non-hydrogen) atoms. The molecule has 2 aromatic rings. The molecule has 4 nitrogen and oxygen atoms in total. The SMILES string of the molecule is CC(=O)c1cccc(NC(=S)NC(=O)/C=C/c2ccc(Cl)cc2)c1. The topological polar surface area (TPSA) is 58.2 Å². The van der Waals surface area contributed by atoms with Crippen molar-refractivity contribution in [3.05, 3.63) is 70.8 Å². The Morgan fingerprint density at radius 3 is 2.50 bits per heavy atom. The van der Waals surface area contributed by atoms with E-state index in [9.17, 15) is 9.59 Å². The highest BCUT2D eigenvalue weighted by Gasteiger charge is 2.04. The molecule has 0 saturated carbocycles. The third-order valence-corrected chi connectivity index (χ3v) is 3.52. The number of ketones is 1. The van der Waals surface area contributed by atoms with Gasteiger partial charge in [0.2, 0.25) is 5.91 Å². The van der Waals surface area contributed by atoms with Gasteiger partial charge in [-0.05, 0) is 55.0 Å². The minimum Gasteiger partial charge on any atom is -0.332 e. The van der Waals surface area contributed by atoms with Gasteiger partial charge in [-0.15, -0.1) is 0 Å². The average Bonchev–Trinajstić information content (AvgIpc) is 2.54. The highest BCUT2D eigenvalue weighted by Crippen LogP contribution is 2.12. The van der Waals surface area contributed by atoms with Crippen LogP contribution in [-0.4, -0.2) is 16.8 Å². The van der Waals surface area contributed by atoms with E-state index in [0.29, 0.717) is 16.3 Å². The summed E-state index contributed by atoms with van der Waals surface area (Å²) in [5.41, 5.74) is 2.05. The summed E-state index contributed by atoms with van der Waals surface area (Å²) in [7, 11) is 0. The van der Waals surface area contributed by atoms with Crippen molar-refractivity contribution in [1.29, 1.82) is 0 Å². The summed E-state index contributed by atoms with van der Waals surface area (Å²) in [5.74, 6) is -0.398. The van der Waals surface area contributed by atoms with Gasteiger partial charge in [0, 0.05) is 22.3 Å². The van der Waals surface area contributed by atoms with Crippen molar-refractivity contribution in [2.75, 3.05) is 5.32 Å². The lowest BCUT2D eigenvalue weighted by Crippen LogP contribution is -2.32. The molecule has 0 saturated heterocycles. The number of hydrogen-bond donors (Lipinski definition) is 2. The highest BCUT2D eigenvalue weighted by molar-refractivity contribution is 7.80. The van der Waals surface area contributed by atoms with Gasteiger partial charge in [0.15, 0.2) is 10.9 Å². The smallest absolute Gasteiger partial charge is 0.250 e. The monoisotopic (exact) mass is 358 g/mol. The Balaban J connectivity index is 1.92. The van der Waals surface area contributed by atoms with E-state index in [1.54, 1.807) is 54.6 Å². The van der Waals surface area contributed by atoms with E-state index in [-0.39, 0.29) is 16.8 Å². The Kier molecular flexibility index (Phi) is 6.23. The molecule has 0 aliphatic carbocycles. The number of thiocarbonyl (C=S) groups is 1. The Morgan fingerprint density at radius 2 is 1.83 bits per heavy atom. The van der Waals surface area contributed by atoms with Crippen LogP contribution in [0, 0.1) is 0 Å². The number of amides is 1. The van der Waals surface area contributed by atoms with Crippen molar-refractivity contribution in [3.63, 3.8) is 0 Å². The lowest BCUT2D eigenvalue weighted by atomic mass is 10.1. The molecule has 6 heteroatoms. The summed E-state index contributed by atoms with van der Waals surface area (Å²) in [4.78, 5) is 23.2. The van der Waals surface area contributed by atoms with Crippen molar-refractivity contribution in [1.82, 2.24) is 5.32 Å². The van der Waals surface area contributed by atoms with Crippen molar-refractivity contribution in [3.8, 4) is 0 Å². The predicted octanol–water partition coefficient (Wildman–Crippen LogP) is 4.07. The summed E-state index contributed by atoms with van der Waals surface area (Å²) in [6.07, 6.45) is 3.04. The van der Waals surface area contributed by atoms with Crippen molar-refractivity contribution >= 4 is 52.4 Å². The van der Waals surface area contributed by atoms with Gasteiger partial charge in [-0.3, -0.25) is 14.9 Å². The Hall–Kier alpha value is -2.50. The van der Waals surface area contributed by atoms with Gasteiger partial charge < -0.3 is 5.32 Å². The number of Topliss-reactive ketones (excluding diaryl/α,β-unsaturated/α-hetero) is 1. The first kappa shape index (κ1) is 17.8. The van der Waals surface area contributed by atoms with Crippen LogP contribution in [0.25, 0.3) is 6.08 Å². The summed E-state index contributed by atoms with van der Waals surface area (Å²) < 4.78 is 0. The molecule has 0 bridgehead atoms. The third-order valence-electron chi connectivity index (χ3n) is 3.06. The van der Waals surface area contributed by atoms with Crippen molar-refractivity contribution in [2.45, 2.75) is 6.92 Å². The molecular formula is C18H15ClN2O2S. The maximum atomic E-state index is 11.9. The molecular weight excluding hydrogens is 344 g/mol. The first-order valence-corrected chi connectivity index (χ1v) is 7.89. The minimum atomic E-state index is -0.356. The summed E-state index contributed by atoms with van der Waals surface area (Å²) >= 11 is 10.9. The maximum Gasteiger partial charge on any atom is 0.250 e. The maximum absolute atomic E-state index is 11.9. The van der Waals surface area contributed by atoms with Crippen LogP contribution in [0.2, 0.25) is 5.02 Å². The van der Waals surface area contributed by atoms with Crippen LogP contribution in [0.3, 0.4) is 0 Å². The molecule has 0 aliphatic heterocycles. The van der Waals surface area contributed by atoms with Gasteiger partial charge in [-0.2, -0.15) is 0 Å². The van der Waals surface area contributed by atoms with Gasteiger partial charge in [0.05, 0.1) is 0 Å². The molecule has 0 aliphatic rings. The zero-order chi connectivity index (χ0) is 17.5. The molecule has 0 atom stereocenters. The van der Waals surface area contributed by atoms with Crippen molar-refractivity contribution < 1.29 is 9.59 Å². The molecule has 0 aromatic heterocycles. The number of rotatable bonds is 4. The van der Waals surface area contributed by atoms with Gasteiger partial charge in [-0.25, -0.2) is 0 Å². The largest absolute Gasteiger partial charge is 0.332 e. The van der Waals surface area contributed by atoms with E-state index in [1.807, 2.05) is 0 Å². The zero-order valence-corrected chi connectivity index (χ0v) is 14.4. The molecule has 1 amide bonds. The second-order valence-electron chi connectivity index (χ2n) is 4.97. The summed E-state index contributed by atoms with van der Waals surface area (Å²) in [5, 5.41) is 6.20. The second-order valence-corrected chi connectivity index (χ2v) is 5.81. The summed E-state index contributed by atoms with van der Waals surface area (Å²) in [6.45, 7) is 1.49. The lowest BCUT2D eigenvalue weighted by molar-refractivity contribution is -0.115. The molecule has 2 aromatic carbocycles. The molecule has 2 N–H and O–H groups in total. The van der Waals surface area contributed by atoms with Crippen LogP contribution >= 0.6 is 23.8 Å². The normalized spacial score (nSPS) is 10.4. The van der Waals surface area contributed by atoms with E-state index in [2.05, 4.69) is 10.6 Å². The number of carbonyl (C=O) groups is 2. The number of halogens is 1. The Labute approximate surface area is 150 Å². The average molecular weight is 359 g/mol. The minimum absolute atomic E-state index is 0.0421. The fourth-order valence-corrected chi connectivity index (χ4v) is 2.22. The van der Waals surface area contributed by atoms with Crippen LogP contribution in [0.1, 0.15) is 22.8 Å². The van der Waals surface area contributed by atoms with Gasteiger partial charge in [-0.1, -0.05) is 35.9 Å². The number of nitrogens with one attached hydrogen (secondary N) is 2. The van der Waals surface area contributed by atoms with Crippen LogP contribution in [-0.2, 0) is 4.79 Å². The van der Waals surface area contributed by atoms with Crippen LogP contribution in [0.4, 0.5) is 5.69 Å². The molecule has 0 fully saturated rings. The fraction of sp³-hybridized carbons (Fsp3) is 0.0556. The first-order chi connectivity index (χ1) is 11.4. The van der Waals surface area contributed by atoms with Crippen LogP contribution in [0.5, 0.6) is 0 Å². The molecule has 0 radical (unpaired) electrons. The van der Waals surface area contributed by atoms with Gasteiger partial charge in [0.1, 0.15) is 0 Å². The molecule has 0 heterocycles. The highest BCUT2D eigenvalue weighted by atomic mass is 35.5. The number of anilines is 1. The Morgan fingerprint density at radius 1 is 1.12 bits per heavy atom. The molecule has 0 unspecified atom stereocenters.